The second kappa shape index (κ2) is 5.41. The van der Waals surface area contributed by atoms with Gasteiger partial charge in [-0.2, -0.15) is 5.10 Å². The number of benzene rings is 2. The molecule has 114 valence electrons. The van der Waals surface area contributed by atoms with Gasteiger partial charge in [-0.15, -0.1) is 0 Å². The maximum Gasteiger partial charge on any atom is 0.347 e. The molecule has 1 aromatic heterocycles. The fourth-order valence-corrected chi connectivity index (χ4v) is 3.28. The predicted octanol–water partition coefficient (Wildman–Crippen LogP) is 3.86. The van der Waals surface area contributed by atoms with E-state index in [2.05, 4.69) is 10.2 Å². The highest BCUT2D eigenvalue weighted by Gasteiger charge is 2.21. The highest BCUT2D eigenvalue weighted by Crippen LogP contribution is 2.36. The normalized spacial score (nSPS) is 13.0. The minimum absolute atomic E-state index is 0.266. The summed E-state index contributed by atoms with van der Waals surface area (Å²) in [6.45, 7) is 0. The maximum absolute atomic E-state index is 12.1. The van der Waals surface area contributed by atoms with Crippen LogP contribution in [0.5, 0.6) is 0 Å². The zero-order chi connectivity index (χ0) is 16.0. The van der Waals surface area contributed by atoms with Crippen molar-refractivity contribution in [1.29, 1.82) is 0 Å². The highest BCUT2D eigenvalue weighted by molar-refractivity contribution is 6.33. The summed E-state index contributed by atoms with van der Waals surface area (Å²) in [6.07, 6.45) is 2.54. The molecule has 0 amide bonds. The third-order valence-corrected chi connectivity index (χ3v) is 4.45. The lowest BCUT2D eigenvalue weighted by Crippen LogP contribution is -2.17. The Morgan fingerprint density at radius 2 is 1.91 bits per heavy atom. The first-order chi connectivity index (χ1) is 11.1. The van der Waals surface area contributed by atoms with Gasteiger partial charge in [0.25, 0.3) is 0 Å². The molecule has 6 heteroatoms. The van der Waals surface area contributed by atoms with E-state index in [1.165, 1.54) is 0 Å². The van der Waals surface area contributed by atoms with Crippen LogP contribution in [0.3, 0.4) is 0 Å². The van der Waals surface area contributed by atoms with E-state index in [0.717, 1.165) is 22.4 Å². The first kappa shape index (κ1) is 14.3. The van der Waals surface area contributed by atoms with Gasteiger partial charge >= 0.3 is 5.69 Å². The van der Waals surface area contributed by atoms with Gasteiger partial charge in [0.15, 0.2) is 0 Å². The monoisotopic (exact) mass is 343 g/mol. The Kier molecular flexibility index (Phi) is 3.36. The molecule has 4 rings (SSSR count). The lowest BCUT2D eigenvalue weighted by molar-refractivity contribution is 0.912. The van der Waals surface area contributed by atoms with Crippen LogP contribution >= 0.6 is 23.2 Å². The molecule has 4 nitrogen and oxygen atoms in total. The number of hydrogen-bond donors (Lipinski definition) is 1. The third kappa shape index (κ3) is 2.31. The second-order valence-electron chi connectivity index (χ2n) is 5.24. The lowest BCUT2D eigenvalue weighted by Gasteiger charge is -2.13. The largest absolute Gasteiger partial charge is 0.347 e. The van der Waals surface area contributed by atoms with E-state index in [-0.39, 0.29) is 5.69 Å². The van der Waals surface area contributed by atoms with Crippen LogP contribution in [0.4, 0.5) is 0 Å². The van der Waals surface area contributed by atoms with E-state index in [4.69, 9.17) is 23.2 Å². The van der Waals surface area contributed by atoms with Gasteiger partial charge in [0, 0.05) is 27.6 Å². The molecule has 1 aliphatic heterocycles. The molecule has 0 radical (unpaired) electrons. The molecule has 0 atom stereocenters. The van der Waals surface area contributed by atoms with Crippen molar-refractivity contribution in [1.82, 2.24) is 14.8 Å². The van der Waals surface area contributed by atoms with Crippen molar-refractivity contribution < 1.29 is 0 Å². The Morgan fingerprint density at radius 3 is 2.74 bits per heavy atom. The van der Waals surface area contributed by atoms with Crippen LogP contribution in [0.2, 0.25) is 10.0 Å². The topological polar surface area (TPSA) is 50.7 Å². The van der Waals surface area contributed by atoms with Gasteiger partial charge in [-0.25, -0.2) is 14.5 Å². The van der Waals surface area contributed by atoms with E-state index in [9.17, 15) is 4.79 Å². The first-order valence-electron chi connectivity index (χ1n) is 7.07. The van der Waals surface area contributed by atoms with Crippen LogP contribution < -0.4 is 5.69 Å². The molecule has 0 bridgehead atoms. The van der Waals surface area contributed by atoms with E-state index in [0.29, 0.717) is 22.3 Å². The molecule has 23 heavy (non-hydrogen) atoms. The molecular formula is C17H11Cl2N3O. The Hall–Kier alpha value is -2.30. The average molecular weight is 344 g/mol. The molecule has 0 saturated heterocycles. The van der Waals surface area contributed by atoms with Gasteiger partial charge in [-0.3, -0.25) is 0 Å². The van der Waals surface area contributed by atoms with Gasteiger partial charge in [-0.1, -0.05) is 47.5 Å². The van der Waals surface area contributed by atoms with Gasteiger partial charge in [0.1, 0.15) is 5.82 Å². The number of nitrogens with one attached hydrogen (secondary N) is 1. The van der Waals surface area contributed by atoms with Crippen LogP contribution in [-0.4, -0.2) is 14.8 Å². The summed E-state index contributed by atoms with van der Waals surface area (Å²) in [4.78, 5) is 12.1. The van der Waals surface area contributed by atoms with E-state index in [1.807, 2.05) is 42.5 Å². The standard InChI is InChI=1S/C17H11Cl2N3O/c18-10-5-7-15-13(9-10)11(12-3-1-2-4-14(12)19)6-8-16-20-21-17(23)22(15)16/h1-7,9H,8H2,(H,21,23). The minimum atomic E-state index is -0.266. The number of hydrogen-bond acceptors (Lipinski definition) is 2. The van der Waals surface area contributed by atoms with Crippen molar-refractivity contribution in [3.05, 3.63) is 86.0 Å². The molecule has 2 aromatic carbocycles. The van der Waals surface area contributed by atoms with Crippen molar-refractivity contribution in [3.8, 4) is 5.69 Å². The number of nitrogens with zero attached hydrogens (tertiary/aromatic N) is 2. The minimum Gasteiger partial charge on any atom is -0.246 e. The summed E-state index contributed by atoms with van der Waals surface area (Å²) >= 11 is 12.6. The summed E-state index contributed by atoms with van der Waals surface area (Å²) in [5.41, 5.74) is 3.18. The molecule has 1 aliphatic rings. The van der Waals surface area contributed by atoms with Crippen LogP contribution in [0, 0.1) is 0 Å². The van der Waals surface area contributed by atoms with Crippen molar-refractivity contribution in [2.24, 2.45) is 0 Å². The third-order valence-electron chi connectivity index (χ3n) is 3.88. The van der Waals surface area contributed by atoms with Crippen molar-refractivity contribution in [2.45, 2.75) is 6.42 Å². The molecule has 0 fully saturated rings. The summed E-state index contributed by atoms with van der Waals surface area (Å²) in [5, 5.41) is 7.85. The molecule has 0 aliphatic carbocycles. The molecule has 0 spiro atoms. The highest BCUT2D eigenvalue weighted by atomic mass is 35.5. The molecular weight excluding hydrogens is 333 g/mol. The number of rotatable bonds is 1. The SMILES string of the molecule is O=c1[nH]nc2n1-c1ccc(Cl)cc1C(c1ccccc1Cl)=CC2. The summed E-state index contributed by atoms with van der Waals surface area (Å²) in [6, 6.07) is 13.1. The quantitative estimate of drug-likeness (QED) is 0.729. The fraction of sp³-hybridized carbons (Fsp3) is 0.0588. The number of halogens is 2. The number of allylic oxidation sites excluding steroid dienone is 1. The van der Waals surface area contributed by atoms with Crippen molar-refractivity contribution >= 4 is 28.8 Å². The first-order valence-corrected chi connectivity index (χ1v) is 7.82. The van der Waals surface area contributed by atoms with Gasteiger partial charge in [-0.05, 0) is 29.8 Å². The molecule has 1 N–H and O–H groups in total. The van der Waals surface area contributed by atoms with Crippen LogP contribution in [0.15, 0.2) is 53.3 Å². The van der Waals surface area contributed by atoms with Crippen LogP contribution in [0.25, 0.3) is 11.3 Å². The average Bonchev–Trinajstić information content (AvgIpc) is 2.82. The van der Waals surface area contributed by atoms with Crippen molar-refractivity contribution in [2.75, 3.05) is 0 Å². The summed E-state index contributed by atoms with van der Waals surface area (Å²) in [5.74, 6) is 0.653. The Labute approximate surface area is 142 Å². The predicted molar refractivity (Wildman–Crippen MR) is 91.4 cm³/mol. The van der Waals surface area contributed by atoms with Gasteiger partial charge in [0.2, 0.25) is 0 Å². The maximum atomic E-state index is 12.1. The van der Waals surface area contributed by atoms with Gasteiger partial charge in [0.05, 0.1) is 5.69 Å². The lowest BCUT2D eigenvalue weighted by atomic mass is 9.96. The Morgan fingerprint density at radius 1 is 1.09 bits per heavy atom. The molecule has 0 saturated carbocycles. The van der Waals surface area contributed by atoms with E-state index < -0.39 is 0 Å². The van der Waals surface area contributed by atoms with Crippen LogP contribution in [-0.2, 0) is 6.42 Å². The molecule has 0 unspecified atom stereocenters. The van der Waals surface area contributed by atoms with Gasteiger partial charge < -0.3 is 0 Å². The number of aromatic amines is 1. The fourth-order valence-electron chi connectivity index (χ4n) is 2.87. The zero-order valence-corrected chi connectivity index (χ0v) is 13.4. The second-order valence-corrected chi connectivity index (χ2v) is 6.09. The van der Waals surface area contributed by atoms with Crippen LogP contribution in [0.1, 0.15) is 17.0 Å². The molecule has 3 aromatic rings. The zero-order valence-electron chi connectivity index (χ0n) is 11.9. The Bertz CT molecular complexity index is 1000. The number of H-pyrrole nitrogens is 1. The van der Waals surface area contributed by atoms with E-state index in [1.54, 1.807) is 10.6 Å². The number of aromatic nitrogens is 3. The summed E-state index contributed by atoms with van der Waals surface area (Å²) < 4.78 is 1.58. The summed E-state index contributed by atoms with van der Waals surface area (Å²) in [7, 11) is 0. The Balaban J connectivity index is 2.05. The molecule has 2 heterocycles. The van der Waals surface area contributed by atoms with E-state index >= 15 is 0 Å². The number of fused-ring (bicyclic) bond motifs is 3. The smallest absolute Gasteiger partial charge is 0.246 e. The van der Waals surface area contributed by atoms with Crippen molar-refractivity contribution in [3.63, 3.8) is 0 Å².